The van der Waals surface area contributed by atoms with Crippen LogP contribution in [0, 0.1) is 0 Å². The van der Waals surface area contributed by atoms with Crippen molar-refractivity contribution in [3.8, 4) is 0 Å². The number of rotatable bonds is 2. The smallest absolute Gasteiger partial charge is 0.0720 e. The Hall–Kier alpha value is -1.08. The van der Waals surface area contributed by atoms with Crippen LogP contribution in [0.15, 0.2) is 24.3 Å². The molecule has 0 spiro atoms. The minimum Gasteiger partial charge on any atom is -0.252 e. The summed E-state index contributed by atoms with van der Waals surface area (Å²) in [5.41, 5.74) is 3.55. The fourth-order valence-electron chi connectivity index (χ4n) is 2.90. The standard InChI is InChI=1S/C16H18ClN/c1-2-11-7-8-15-13(9-11)14(17)10-16(18-15)12-5-3-4-6-12/h7-10,12H,2-6H2,1H3. The average molecular weight is 260 g/mol. The molecule has 1 aliphatic rings. The molecule has 0 bridgehead atoms. The Morgan fingerprint density at radius 2 is 2.00 bits per heavy atom. The monoisotopic (exact) mass is 259 g/mol. The molecule has 0 amide bonds. The molecule has 2 aromatic rings. The van der Waals surface area contributed by atoms with E-state index in [2.05, 4.69) is 31.2 Å². The molecule has 0 unspecified atom stereocenters. The van der Waals surface area contributed by atoms with Crippen LogP contribution in [0.3, 0.4) is 0 Å². The predicted octanol–water partition coefficient (Wildman–Crippen LogP) is 5.11. The molecule has 0 radical (unpaired) electrons. The summed E-state index contributed by atoms with van der Waals surface area (Å²) in [5, 5.41) is 1.95. The van der Waals surface area contributed by atoms with Gasteiger partial charge in [0, 0.05) is 17.0 Å². The number of aromatic nitrogens is 1. The lowest BCUT2D eigenvalue weighted by Gasteiger charge is -2.11. The van der Waals surface area contributed by atoms with Gasteiger partial charge in [0.15, 0.2) is 0 Å². The average Bonchev–Trinajstić information content (AvgIpc) is 2.92. The molecule has 0 saturated heterocycles. The molecular formula is C16H18ClN. The van der Waals surface area contributed by atoms with Gasteiger partial charge < -0.3 is 0 Å². The second-order valence-electron chi connectivity index (χ2n) is 5.22. The fourth-order valence-corrected chi connectivity index (χ4v) is 3.16. The summed E-state index contributed by atoms with van der Waals surface area (Å²) in [6, 6.07) is 8.52. The van der Waals surface area contributed by atoms with E-state index in [1.165, 1.54) is 36.9 Å². The summed E-state index contributed by atoms with van der Waals surface area (Å²) >= 11 is 6.43. The summed E-state index contributed by atoms with van der Waals surface area (Å²) in [6.07, 6.45) is 6.23. The zero-order chi connectivity index (χ0) is 12.5. The summed E-state index contributed by atoms with van der Waals surface area (Å²) in [6.45, 7) is 2.16. The van der Waals surface area contributed by atoms with Crippen LogP contribution in [0.4, 0.5) is 0 Å². The Labute approximate surface area is 113 Å². The number of pyridine rings is 1. The minimum atomic E-state index is 0.623. The molecule has 2 heteroatoms. The highest BCUT2D eigenvalue weighted by Crippen LogP contribution is 2.35. The number of fused-ring (bicyclic) bond motifs is 1. The molecule has 1 aromatic heterocycles. The van der Waals surface area contributed by atoms with Gasteiger partial charge in [-0.3, -0.25) is 4.98 Å². The lowest BCUT2D eigenvalue weighted by atomic mass is 10.0. The zero-order valence-corrected chi connectivity index (χ0v) is 11.5. The van der Waals surface area contributed by atoms with E-state index in [9.17, 15) is 0 Å². The maximum Gasteiger partial charge on any atom is 0.0720 e. The molecule has 0 atom stereocenters. The SMILES string of the molecule is CCc1ccc2nc(C3CCCC3)cc(Cl)c2c1. The van der Waals surface area contributed by atoms with Gasteiger partial charge in [-0.25, -0.2) is 0 Å². The van der Waals surface area contributed by atoms with Gasteiger partial charge in [-0.2, -0.15) is 0 Å². The first-order valence-electron chi connectivity index (χ1n) is 6.87. The van der Waals surface area contributed by atoms with Gasteiger partial charge in [0.25, 0.3) is 0 Å². The highest BCUT2D eigenvalue weighted by Gasteiger charge is 2.19. The van der Waals surface area contributed by atoms with Crippen LogP contribution >= 0.6 is 11.6 Å². The molecule has 1 saturated carbocycles. The van der Waals surface area contributed by atoms with E-state index in [-0.39, 0.29) is 0 Å². The maximum atomic E-state index is 6.43. The summed E-state index contributed by atoms with van der Waals surface area (Å²) < 4.78 is 0. The third-order valence-electron chi connectivity index (χ3n) is 4.02. The van der Waals surface area contributed by atoms with E-state index >= 15 is 0 Å². The van der Waals surface area contributed by atoms with Gasteiger partial charge >= 0.3 is 0 Å². The molecule has 1 aliphatic carbocycles. The van der Waals surface area contributed by atoms with Crippen molar-refractivity contribution in [3.63, 3.8) is 0 Å². The Morgan fingerprint density at radius 3 is 2.72 bits per heavy atom. The van der Waals surface area contributed by atoms with E-state index in [1.54, 1.807) is 0 Å². The molecule has 18 heavy (non-hydrogen) atoms. The topological polar surface area (TPSA) is 12.9 Å². The third-order valence-corrected chi connectivity index (χ3v) is 4.34. The highest BCUT2D eigenvalue weighted by molar-refractivity contribution is 6.35. The number of hydrogen-bond donors (Lipinski definition) is 0. The van der Waals surface area contributed by atoms with Gasteiger partial charge in [-0.1, -0.05) is 37.4 Å². The predicted molar refractivity (Wildman–Crippen MR) is 77.3 cm³/mol. The Balaban J connectivity index is 2.09. The molecule has 1 heterocycles. The Kier molecular flexibility index (Phi) is 3.25. The van der Waals surface area contributed by atoms with Crippen molar-refractivity contribution in [1.29, 1.82) is 0 Å². The number of halogens is 1. The summed E-state index contributed by atoms with van der Waals surface area (Å²) in [7, 11) is 0. The van der Waals surface area contributed by atoms with Crippen LogP contribution in [-0.4, -0.2) is 4.98 Å². The molecule has 94 valence electrons. The normalized spacial score (nSPS) is 16.6. The lowest BCUT2D eigenvalue weighted by Crippen LogP contribution is -1.97. The van der Waals surface area contributed by atoms with Crippen LogP contribution in [0.25, 0.3) is 10.9 Å². The van der Waals surface area contributed by atoms with Crippen LogP contribution in [0.2, 0.25) is 5.02 Å². The maximum absolute atomic E-state index is 6.43. The van der Waals surface area contributed by atoms with Gasteiger partial charge in [0.2, 0.25) is 0 Å². The van der Waals surface area contributed by atoms with Gasteiger partial charge in [0.1, 0.15) is 0 Å². The highest BCUT2D eigenvalue weighted by atomic mass is 35.5. The number of benzene rings is 1. The Morgan fingerprint density at radius 1 is 1.22 bits per heavy atom. The second kappa shape index (κ2) is 4.89. The largest absolute Gasteiger partial charge is 0.252 e. The zero-order valence-electron chi connectivity index (χ0n) is 10.7. The molecule has 0 N–H and O–H groups in total. The van der Waals surface area contributed by atoms with Crippen molar-refractivity contribution in [1.82, 2.24) is 4.98 Å². The van der Waals surface area contributed by atoms with Crippen molar-refractivity contribution in [3.05, 3.63) is 40.5 Å². The molecule has 1 fully saturated rings. The van der Waals surface area contributed by atoms with Crippen molar-refractivity contribution >= 4 is 22.5 Å². The van der Waals surface area contributed by atoms with E-state index < -0.39 is 0 Å². The van der Waals surface area contributed by atoms with Crippen molar-refractivity contribution < 1.29 is 0 Å². The van der Waals surface area contributed by atoms with Crippen LogP contribution < -0.4 is 0 Å². The fraction of sp³-hybridized carbons (Fsp3) is 0.438. The number of nitrogens with zero attached hydrogens (tertiary/aromatic N) is 1. The van der Waals surface area contributed by atoms with E-state index in [0.29, 0.717) is 5.92 Å². The van der Waals surface area contributed by atoms with E-state index in [0.717, 1.165) is 22.3 Å². The van der Waals surface area contributed by atoms with Gasteiger partial charge in [0.05, 0.1) is 10.5 Å². The molecule has 1 nitrogen and oxygen atoms in total. The first kappa shape index (κ1) is 12.0. The third kappa shape index (κ3) is 2.12. The molecule has 3 rings (SSSR count). The molecular weight excluding hydrogens is 242 g/mol. The first-order valence-corrected chi connectivity index (χ1v) is 7.25. The number of hydrogen-bond acceptors (Lipinski definition) is 1. The van der Waals surface area contributed by atoms with Gasteiger partial charge in [-0.05, 0) is 43.0 Å². The van der Waals surface area contributed by atoms with Crippen molar-refractivity contribution in [2.75, 3.05) is 0 Å². The Bertz CT molecular complexity index is 571. The van der Waals surface area contributed by atoms with Crippen molar-refractivity contribution in [2.24, 2.45) is 0 Å². The second-order valence-corrected chi connectivity index (χ2v) is 5.62. The van der Waals surface area contributed by atoms with Crippen molar-refractivity contribution in [2.45, 2.75) is 44.9 Å². The minimum absolute atomic E-state index is 0.623. The van der Waals surface area contributed by atoms with E-state index in [4.69, 9.17) is 16.6 Å². The van der Waals surface area contributed by atoms with Gasteiger partial charge in [-0.15, -0.1) is 0 Å². The summed E-state index contributed by atoms with van der Waals surface area (Å²) in [4.78, 5) is 4.81. The summed E-state index contributed by atoms with van der Waals surface area (Å²) in [5.74, 6) is 0.623. The molecule has 0 aliphatic heterocycles. The van der Waals surface area contributed by atoms with Crippen LogP contribution in [0.5, 0.6) is 0 Å². The quantitative estimate of drug-likeness (QED) is 0.730. The van der Waals surface area contributed by atoms with Crippen LogP contribution in [-0.2, 0) is 6.42 Å². The number of aryl methyl sites for hydroxylation is 1. The van der Waals surface area contributed by atoms with Crippen LogP contribution in [0.1, 0.15) is 49.8 Å². The first-order chi connectivity index (χ1) is 8.78. The molecule has 1 aromatic carbocycles. The lowest BCUT2D eigenvalue weighted by molar-refractivity contribution is 0.701. The van der Waals surface area contributed by atoms with E-state index in [1.807, 2.05) is 0 Å².